The molecule has 0 unspecified atom stereocenters. The van der Waals surface area contributed by atoms with Crippen molar-refractivity contribution in [2.45, 2.75) is 70.6 Å². The summed E-state index contributed by atoms with van der Waals surface area (Å²) in [6.07, 6.45) is 12.6. The molecule has 0 atom stereocenters. The summed E-state index contributed by atoms with van der Waals surface area (Å²) < 4.78 is 6.41. The van der Waals surface area contributed by atoms with Crippen molar-refractivity contribution in [1.29, 1.82) is 0 Å². The molecule has 21 heavy (non-hydrogen) atoms. The zero-order chi connectivity index (χ0) is 15.1. The summed E-state index contributed by atoms with van der Waals surface area (Å²) >= 11 is 3.61. The van der Waals surface area contributed by atoms with Crippen LogP contribution in [-0.2, 0) is 0 Å². The van der Waals surface area contributed by atoms with Crippen LogP contribution in [-0.4, -0.2) is 7.11 Å². The van der Waals surface area contributed by atoms with E-state index in [1.807, 2.05) is 0 Å². The predicted molar refractivity (Wildman–Crippen MR) is 94.2 cm³/mol. The van der Waals surface area contributed by atoms with Crippen LogP contribution in [0.4, 0.5) is 0 Å². The molecule has 2 heteroatoms. The number of hydrogen-bond donors (Lipinski definition) is 0. The Hall–Kier alpha value is -0.500. The van der Waals surface area contributed by atoms with E-state index in [0.717, 1.165) is 22.1 Å². The second-order valence-corrected chi connectivity index (χ2v) is 7.32. The first kappa shape index (κ1) is 16.9. The minimum atomic E-state index is 0.749. The van der Waals surface area contributed by atoms with Crippen LogP contribution in [0.5, 0.6) is 5.75 Å². The van der Waals surface area contributed by atoms with Crippen LogP contribution in [0.25, 0.3) is 0 Å². The molecule has 118 valence electrons. The highest BCUT2D eigenvalue weighted by atomic mass is 79.9. The third kappa shape index (κ3) is 5.02. The van der Waals surface area contributed by atoms with E-state index in [1.165, 1.54) is 63.4 Å². The van der Waals surface area contributed by atoms with Crippen LogP contribution < -0.4 is 4.74 Å². The maximum Gasteiger partial charge on any atom is 0.133 e. The van der Waals surface area contributed by atoms with Gasteiger partial charge in [0.25, 0.3) is 0 Å². The maximum absolute atomic E-state index is 5.32. The zero-order valence-corrected chi connectivity index (χ0v) is 15.1. The molecule has 1 aromatic rings. The number of hydrogen-bond acceptors (Lipinski definition) is 1. The van der Waals surface area contributed by atoms with Crippen molar-refractivity contribution in [1.82, 2.24) is 0 Å². The Balaban J connectivity index is 1.79. The molecule has 1 fully saturated rings. The van der Waals surface area contributed by atoms with Gasteiger partial charge in [-0.2, -0.15) is 0 Å². The first-order valence-electron chi connectivity index (χ1n) is 8.58. The molecule has 1 nitrogen and oxygen atoms in total. The van der Waals surface area contributed by atoms with Crippen molar-refractivity contribution in [3.63, 3.8) is 0 Å². The third-order valence-corrected chi connectivity index (χ3v) is 5.58. The predicted octanol–water partition coefficient (Wildman–Crippen LogP) is 6.70. The molecular weight excluding hydrogens is 324 g/mol. The molecule has 1 saturated carbocycles. The van der Waals surface area contributed by atoms with E-state index in [0.29, 0.717) is 0 Å². The fraction of sp³-hybridized carbons (Fsp3) is 0.684. The van der Waals surface area contributed by atoms with Crippen molar-refractivity contribution < 1.29 is 4.74 Å². The molecule has 1 aliphatic rings. The maximum atomic E-state index is 5.32. The summed E-state index contributed by atoms with van der Waals surface area (Å²) in [5.74, 6) is 2.67. The molecular formula is C19H29BrO. The molecule has 1 aliphatic carbocycles. The first-order valence-corrected chi connectivity index (χ1v) is 9.37. The van der Waals surface area contributed by atoms with Gasteiger partial charge in [0.1, 0.15) is 5.75 Å². The van der Waals surface area contributed by atoms with Crippen molar-refractivity contribution in [2.24, 2.45) is 5.92 Å². The fourth-order valence-corrected chi connectivity index (χ4v) is 4.14. The van der Waals surface area contributed by atoms with Crippen LogP contribution in [0, 0.1) is 5.92 Å². The third-order valence-electron chi connectivity index (χ3n) is 4.96. The molecule has 0 amide bonds. The quantitative estimate of drug-likeness (QED) is 0.496. The van der Waals surface area contributed by atoms with Gasteiger partial charge in [-0.3, -0.25) is 0 Å². The van der Waals surface area contributed by atoms with E-state index >= 15 is 0 Å². The zero-order valence-electron chi connectivity index (χ0n) is 13.5. The molecule has 0 aliphatic heterocycles. The Bertz CT molecular complexity index is 422. The van der Waals surface area contributed by atoms with Crippen LogP contribution in [0.2, 0.25) is 0 Å². The van der Waals surface area contributed by atoms with Gasteiger partial charge in [0.05, 0.1) is 11.6 Å². The van der Waals surface area contributed by atoms with Crippen LogP contribution in [0.1, 0.15) is 76.2 Å². The van der Waals surface area contributed by atoms with E-state index in [4.69, 9.17) is 4.74 Å². The van der Waals surface area contributed by atoms with Gasteiger partial charge >= 0.3 is 0 Å². The summed E-state index contributed by atoms with van der Waals surface area (Å²) in [6.45, 7) is 2.29. The molecule has 2 rings (SSSR count). The topological polar surface area (TPSA) is 9.23 Å². The highest BCUT2D eigenvalue weighted by molar-refractivity contribution is 9.10. The van der Waals surface area contributed by atoms with E-state index in [-0.39, 0.29) is 0 Å². The fourth-order valence-electron chi connectivity index (χ4n) is 3.58. The average molecular weight is 353 g/mol. The molecule has 0 bridgehead atoms. The van der Waals surface area contributed by atoms with Crippen LogP contribution in [0.15, 0.2) is 22.7 Å². The summed E-state index contributed by atoms with van der Waals surface area (Å²) in [4.78, 5) is 0. The second kappa shape index (κ2) is 8.82. The SMILES string of the molecule is CCCCCCC1CCC(c2ccc(OC)c(Br)c2)CC1. The van der Waals surface area contributed by atoms with Crippen molar-refractivity contribution in [3.05, 3.63) is 28.2 Å². The summed E-state index contributed by atoms with van der Waals surface area (Å²) in [7, 11) is 1.73. The lowest BCUT2D eigenvalue weighted by molar-refractivity contribution is 0.302. The highest BCUT2D eigenvalue weighted by Crippen LogP contribution is 2.39. The minimum absolute atomic E-state index is 0.749. The molecule has 0 radical (unpaired) electrons. The van der Waals surface area contributed by atoms with E-state index in [2.05, 4.69) is 41.1 Å². The lowest BCUT2D eigenvalue weighted by Gasteiger charge is -2.29. The monoisotopic (exact) mass is 352 g/mol. The van der Waals surface area contributed by atoms with Crippen LogP contribution >= 0.6 is 15.9 Å². The number of benzene rings is 1. The van der Waals surface area contributed by atoms with Gasteiger partial charge in [-0.15, -0.1) is 0 Å². The minimum Gasteiger partial charge on any atom is -0.496 e. The van der Waals surface area contributed by atoms with Crippen molar-refractivity contribution in [3.8, 4) is 5.75 Å². The van der Waals surface area contributed by atoms with Gasteiger partial charge in [0, 0.05) is 0 Å². The van der Waals surface area contributed by atoms with Gasteiger partial charge in [0.2, 0.25) is 0 Å². The van der Waals surface area contributed by atoms with Gasteiger partial charge < -0.3 is 4.74 Å². The number of halogens is 1. The Morgan fingerprint density at radius 3 is 2.48 bits per heavy atom. The van der Waals surface area contributed by atoms with Gasteiger partial charge in [-0.1, -0.05) is 45.1 Å². The summed E-state index contributed by atoms with van der Waals surface area (Å²) in [5.41, 5.74) is 1.48. The van der Waals surface area contributed by atoms with E-state index in [1.54, 1.807) is 7.11 Å². The summed E-state index contributed by atoms with van der Waals surface area (Å²) in [6, 6.07) is 6.59. The van der Waals surface area contributed by atoms with Gasteiger partial charge in [-0.25, -0.2) is 0 Å². The number of ether oxygens (including phenoxy) is 1. The lowest BCUT2D eigenvalue weighted by atomic mass is 9.77. The van der Waals surface area contributed by atoms with E-state index < -0.39 is 0 Å². The lowest BCUT2D eigenvalue weighted by Crippen LogP contribution is -2.13. The Morgan fingerprint density at radius 1 is 1.10 bits per heavy atom. The standard InChI is InChI=1S/C19H29BrO/c1-3-4-5-6-7-15-8-10-16(11-9-15)17-12-13-19(21-2)18(20)14-17/h12-16H,3-11H2,1-2H3. The normalized spacial score (nSPS) is 22.2. The molecule has 1 aromatic carbocycles. The summed E-state index contributed by atoms with van der Waals surface area (Å²) in [5, 5.41) is 0. The average Bonchev–Trinajstić information content (AvgIpc) is 2.52. The number of rotatable bonds is 7. The van der Waals surface area contributed by atoms with E-state index in [9.17, 15) is 0 Å². The van der Waals surface area contributed by atoms with Crippen LogP contribution in [0.3, 0.4) is 0 Å². The van der Waals surface area contributed by atoms with Crippen molar-refractivity contribution in [2.75, 3.05) is 7.11 Å². The second-order valence-electron chi connectivity index (χ2n) is 6.46. The largest absolute Gasteiger partial charge is 0.496 e. The molecule has 0 heterocycles. The smallest absolute Gasteiger partial charge is 0.133 e. The molecule has 0 saturated heterocycles. The Kier molecular flexibility index (Phi) is 7.09. The molecule has 0 aromatic heterocycles. The molecule has 0 N–H and O–H groups in total. The number of unbranched alkanes of at least 4 members (excludes halogenated alkanes) is 3. The number of methoxy groups -OCH3 is 1. The Morgan fingerprint density at radius 2 is 1.86 bits per heavy atom. The highest BCUT2D eigenvalue weighted by Gasteiger charge is 2.22. The molecule has 0 spiro atoms. The van der Waals surface area contributed by atoms with Gasteiger partial charge in [0.15, 0.2) is 0 Å². The Labute approximate surface area is 138 Å². The van der Waals surface area contributed by atoms with Gasteiger partial charge in [-0.05, 0) is 71.1 Å². The first-order chi connectivity index (χ1) is 10.2. The van der Waals surface area contributed by atoms with Crippen molar-refractivity contribution >= 4 is 15.9 Å².